The first-order chi connectivity index (χ1) is 17.5. The maximum absolute atomic E-state index is 5.71. The summed E-state index contributed by atoms with van der Waals surface area (Å²) in [5, 5.41) is 0. The van der Waals surface area contributed by atoms with Gasteiger partial charge in [-0.05, 0) is 80.2 Å². The van der Waals surface area contributed by atoms with Crippen molar-refractivity contribution in [2.45, 2.75) is 6.92 Å². The van der Waals surface area contributed by atoms with Gasteiger partial charge in [0, 0.05) is 43.0 Å². The van der Waals surface area contributed by atoms with Crippen LogP contribution in [0.15, 0.2) is 72.8 Å². The number of piperazine rings is 1. The lowest BCUT2D eigenvalue weighted by molar-refractivity contribution is 0.313. The molecule has 2 N–H and O–H groups in total. The molecule has 6 rings (SSSR count). The fourth-order valence-corrected chi connectivity index (χ4v) is 4.60. The molecular weight excluding hydrogens is 555 g/mol. The van der Waals surface area contributed by atoms with Gasteiger partial charge in [0.1, 0.15) is 24.0 Å². The zero-order chi connectivity index (χ0) is 24.6. The quantitative estimate of drug-likeness (QED) is 0.215. The standard InChI is InChI=1S/C29H30N6O.3ClH/c1-19(2)18-36-23-8-4-20(5-9-23)28-30-24-10-6-21(16-26(24)32-28)29-31-25-11-7-22(17-27(25)33-29)35-14-12-34(3)13-15-35;;;/h4-11,16-17H,1,12-15,18H2,2-3H3,(H,30,32)(H,31,33);3*1H. The van der Waals surface area contributed by atoms with E-state index in [2.05, 4.69) is 63.7 Å². The Bertz CT molecular complexity index is 1550. The second-order valence-electron chi connectivity index (χ2n) is 9.66. The second-order valence-corrected chi connectivity index (χ2v) is 9.66. The van der Waals surface area contributed by atoms with E-state index >= 15 is 0 Å². The van der Waals surface area contributed by atoms with Crippen LogP contribution in [-0.2, 0) is 0 Å². The predicted molar refractivity (Wildman–Crippen MR) is 168 cm³/mol. The van der Waals surface area contributed by atoms with Crippen molar-refractivity contribution < 1.29 is 4.74 Å². The summed E-state index contributed by atoms with van der Waals surface area (Å²) in [5.74, 6) is 2.51. The zero-order valence-electron chi connectivity index (χ0n) is 21.9. The summed E-state index contributed by atoms with van der Waals surface area (Å²) in [7, 11) is 2.18. The molecule has 0 radical (unpaired) electrons. The summed E-state index contributed by atoms with van der Waals surface area (Å²) in [5.41, 5.74) is 8.20. The Labute approximate surface area is 246 Å². The molecule has 0 aliphatic carbocycles. The number of H-pyrrole nitrogens is 2. The molecule has 39 heavy (non-hydrogen) atoms. The number of nitrogens with zero attached hydrogens (tertiary/aromatic N) is 4. The van der Waals surface area contributed by atoms with Crippen molar-refractivity contribution in [1.29, 1.82) is 0 Å². The van der Waals surface area contributed by atoms with Crippen molar-refractivity contribution in [3.63, 3.8) is 0 Å². The minimum Gasteiger partial charge on any atom is -0.489 e. The topological polar surface area (TPSA) is 73.1 Å². The highest BCUT2D eigenvalue weighted by Crippen LogP contribution is 2.28. The molecule has 0 bridgehead atoms. The average molecular weight is 588 g/mol. The summed E-state index contributed by atoms with van der Waals surface area (Å²) in [6, 6.07) is 20.7. The van der Waals surface area contributed by atoms with Crippen LogP contribution in [-0.4, -0.2) is 64.7 Å². The summed E-state index contributed by atoms with van der Waals surface area (Å²) in [6.45, 7) is 10.6. The molecule has 0 unspecified atom stereocenters. The number of hydrogen-bond acceptors (Lipinski definition) is 5. The van der Waals surface area contributed by atoms with E-state index in [-0.39, 0.29) is 37.2 Å². The third-order valence-corrected chi connectivity index (χ3v) is 6.70. The fraction of sp³-hybridized carbons (Fsp3) is 0.241. The molecule has 3 heterocycles. The van der Waals surface area contributed by atoms with Gasteiger partial charge in [0.2, 0.25) is 0 Å². The molecule has 1 saturated heterocycles. The second kappa shape index (κ2) is 12.7. The van der Waals surface area contributed by atoms with E-state index in [0.29, 0.717) is 6.61 Å². The number of halogens is 3. The molecule has 5 aromatic rings. The Morgan fingerprint density at radius 3 is 2.00 bits per heavy atom. The first kappa shape index (κ1) is 30.3. The predicted octanol–water partition coefficient (Wildman–Crippen LogP) is 6.75. The van der Waals surface area contributed by atoms with Gasteiger partial charge in [0.05, 0.1) is 22.1 Å². The SMILES string of the molecule is C=C(C)COc1ccc(-c2nc3ccc(-c4nc5ccc(N6CCN(C)CC6)cc5[nH]4)cc3[nH]2)cc1.Cl.Cl.Cl. The van der Waals surface area contributed by atoms with Crippen molar-refractivity contribution in [1.82, 2.24) is 24.8 Å². The Morgan fingerprint density at radius 1 is 0.795 bits per heavy atom. The summed E-state index contributed by atoms with van der Waals surface area (Å²) >= 11 is 0. The largest absolute Gasteiger partial charge is 0.489 e. The number of nitrogens with one attached hydrogen (secondary N) is 2. The maximum Gasteiger partial charge on any atom is 0.138 e. The molecule has 0 saturated carbocycles. The molecule has 0 atom stereocenters. The van der Waals surface area contributed by atoms with Gasteiger partial charge >= 0.3 is 0 Å². The van der Waals surface area contributed by atoms with Crippen LogP contribution in [0.2, 0.25) is 0 Å². The first-order valence-electron chi connectivity index (χ1n) is 12.3. The molecule has 206 valence electrons. The number of ether oxygens (including phenoxy) is 1. The van der Waals surface area contributed by atoms with E-state index in [0.717, 1.165) is 82.3 Å². The van der Waals surface area contributed by atoms with Gasteiger partial charge in [0.25, 0.3) is 0 Å². The van der Waals surface area contributed by atoms with Crippen molar-refractivity contribution in [3.8, 4) is 28.5 Å². The highest BCUT2D eigenvalue weighted by atomic mass is 35.5. The lowest BCUT2D eigenvalue weighted by Crippen LogP contribution is -2.44. The smallest absolute Gasteiger partial charge is 0.138 e. The van der Waals surface area contributed by atoms with Crippen LogP contribution in [0.4, 0.5) is 5.69 Å². The maximum atomic E-state index is 5.71. The molecule has 1 aliphatic heterocycles. The van der Waals surface area contributed by atoms with Crippen molar-refractivity contribution in [2.24, 2.45) is 0 Å². The Balaban J connectivity index is 0.00000140. The molecule has 1 fully saturated rings. The summed E-state index contributed by atoms with van der Waals surface area (Å²) < 4.78 is 5.71. The summed E-state index contributed by atoms with van der Waals surface area (Å²) in [4.78, 5) is 21.4. The number of benzene rings is 3. The van der Waals surface area contributed by atoms with E-state index in [1.54, 1.807) is 0 Å². The van der Waals surface area contributed by atoms with Crippen LogP contribution >= 0.6 is 37.2 Å². The molecule has 0 spiro atoms. The third kappa shape index (κ3) is 6.50. The van der Waals surface area contributed by atoms with Crippen LogP contribution in [0.1, 0.15) is 6.92 Å². The van der Waals surface area contributed by atoms with E-state index in [4.69, 9.17) is 14.7 Å². The number of aromatic nitrogens is 4. The van der Waals surface area contributed by atoms with Crippen LogP contribution < -0.4 is 9.64 Å². The van der Waals surface area contributed by atoms with Crippen LogP contribution in [0.3, 0.4) is 0 Å². The van der Waals surface area contributed by atoms with Crippen LogP contribution in [0.25, 0.3) is 44.8 Å². The van der Waals surface area contributed by atoms with Crippen molar-refractivity contribution >= 4 is 65.0 Å². The fourth-order valence-electron chi connectivity index (χ4n) is 4.60. The number of aromatic amines is 2. The number of fused-ring (bicyclic) bond motifs is 2. The molecule has 1 aliphatic rings. The lowest BCUT2D eigenvalue weighted by atomic mass is 10.2. The molecule has 3 aromatic carbocycles. The molecule has 0 amide bonds. The molecule has 7 nitrogen and oxygen atoms in total. The number of rotatable bonds is 6. The monoisotopic (exact) mass is 586 g/mol. The van der Waals surface area contributed by atoms with E-state index in [9.17, 15) is 0 Å². The molecule has 10 heteroatoms. The van der Waals surface area contributed by atoms with Gasteiger partial charge in [0.15, 0.2) is 0 Å². The molecule has 2 aromatic heterocycles. The lowest BCUT2D eigenvalue weighted by Gasteiger charge is -2.34. The molecular formula is C29H33Cl3N6O. The summed E-state index contributed by atoms with van der Waals surface area (Å²) in [6.07, 6.45) is 0. The average Bonchev–Trinajstić information content (AvgIpc) is 3.51. The minimum absolute atomic E-state index is 0. The minimum atomic E-state index is 0. The highest BCUT2D eigenvalue weighted by molar-refractivity contribution is 5.87. The number of imidazole rings is 2. The van der Waals surface area contributed by atoms with Crippen LogP contribution in [0.5, 0.6) is 5.75 Å². The van der Waals surface area contributed by atoms with Crippen molar-refractivity contribution in [3.05, 3.63) is 72.8 Å². The van der Waals surface area contributed by atoms with Crippen LogP contribution in [0, 0.1) is 0 Å². The van der Waals surface area contributed by atoms with E-state index in [1.165, 1.54) is 5.69 Å². The van der Waals surface area contributed by atoms with Gasteiger partial charge in [-0.15, -0.1) is 37.2 Å². The Kier molecular flexibility index (Phi) is 9.91. The van der Waals surface area contributed by atoms with E-state index < -0.39 is 0 Å². The van der Waals surface area contributed by atoms with Gasteiger partial charge in [-0.3, -0.25) is 0 Å². The number of likely N-dealkylation sites (N-methyl/N-ethyl adjacent to an activating group) is 1. The normalized spacial score (nSPS) is 13.4. The third-order valence-electron chi connectivity index (χ3n) is 6.70. The first-order valence-corrected chi connectivity index (χ1v) is 12.3. The highest BCUT2D eigenvalue weighted by Gasteiger charge is 2.16. The van der Waals surface area contributed by atoms with Gasteiger partial charge in [-0.2, -0.15) is 0 Å². The van der Waals surface area contributed by atoms with Gasteiger partial charge in [-0.1, -0.05) is 6.58 Å². The zero-order valence-corrected chi connectivity index (χ0v) is 24.4. The van der Waals surface area contributed by atoms with Crippen molar-refractivity contribution in [2.75, 3.05) is 44.7 Å². The van der Waals surface area contributed by atoms with E-state index in [1.807, 2.05) is 37.3 Å². The number of hydrogen-bond donors (Lipinski definition) is 2. The Morgan fingerprint density at radius 2 is 1.36 bits per heavy atom. The Hall–Kier alpha value is -3.23. The van der Waals surface area contributed by atoms with Gasteiger partial charge in [-0.25, -0.2) is 9.97 Å². The van der Waals surface area contributed by atoms with Gasteiger partial charge < -0.3 is 24.5 Å². The number of anilines is 1.